The first-order valence-electron chi connectivity index (χ1n) is 12.2. The molecule has 2 fully saturated rings. The molecule has 0 aliphatic carbocycles. The van der Waals surface area contributed by atoms with Crippen molar-refractivity contribution in [2.75, 3.05) is 19.8 Å². The number of nitrogens with zero attached hydrogens (tertiary/aromatic N) is 2. The van der Waals surface area contributed by atoms with Gasteiger partial charge in [-0.2, -0.15) is 0 Å². The van der Waals surface area contributed by atoms with Crippen LogP contribution in [0.3, 0.4) is 0 Å². The van der Waals surface area contributed by atoms with E-state index in [2.05, 4.69) is 5.10 Å². The number of aliphatic hydroxyl groups is 4. The average Bonchev–Trinajstić information content (AvgIpc) is 3.16. The van der Waals surface area contributed by atoms with E-state index in [-0.39, 0.29) is 18.0 Å². The van der Waals surface area contributed by atoms with Crippen molar-refractivity contribution in [2.45, 2.75) is 82.9 Å². The molecule has 35 heavy (non-hydrogen) atoms. The van der Waals surface area contributed by atoms with Crippen LogP contribution in [0, 0.1) is 6.92 Å². The van der Waals surface area contributed by atoms with Crippen molar-refractivity contribution in [1.29, 1.82) is 0 Å². The standard InChI is InChI=1S/C25H36N2O8/c1-14(2)27-15(3)19(11-16-6-8-17(9-7-16)33-18-5-4-10-32-13-18)24(26-27)35-25-23(31)22(30)21(29)20(12-28)34-25/h6-9,14,18,20-23,25,28-31H,4-5,10-13H2,1-3H3/t18?,20-,21-,22+,23-,25+/m1/s1. The van der Waals surface area contributed by atoms with Gasteiger partial charge in [-0.05, 0) is 51.3 Å². The Labute approximate surface area is 205 Å². The Hall–Kier alpha value is -2.21. The van der Waals surface area contributed by atoms with E-state index in [1.54, 1.807) is 0 Å². The van der Waals surface area contributed by atoms with Crippen LogP contribution in [-0.4, -0.2) is 86.8 Å². The Kier molecular flexibility index (Phi) is 8.31. The smallest absolute Gasteiger partial charge is 0.239 e. The minimum absolute atomic E-state index is 0.0642. The lowest BCUT2D eigenvalue weighted by molar-refractivity contribution is -0.278. The van der Waals surface area contributed by atoms with Crippen molar-refractivity contribution >= 4 is 0 Å². The number of aromatic nitrogens is 2. The summed E-state index contributed by atoms with van der Waals surface area (Å²) in [7, 11) is 0. The molecule has 2 aliphatic rings. The number of ether oxygens (including phenoxy) is 4. The third kappa shape index (κ3) is 5.79. The number of hydrogen-bond acceptors (Lipinski definition) is 9. The SMILES string of the molecule is Cc1c(Cc2ccc(OC3CCCOC3)cc2)c(O[C@@H]2O[C@H](CO)[C@@H](O)[C@H](O)[C@H]2O)nn1C(C)C. The number of benzene rings is 1. The minimum atomic E-state index is -1.52. The van der Waals surface area contributed by atoms with E-state index in [1.165, 1.54) is 0 Å². The molecule has 10 nitrogen and oxygen atoms in total. The Balaban J connectivity index is 1.52. The second-order valence-corrected chi connectivity index (χ2v) is 9.50. The molecule has 0 bridgehead atoms. The number of aliphatic hydroxyl groups excluding tert-OH is 4. The first-order valence-corrected chi connectivity index (χ1v) is 12.2. The molecule has 3 heterocycles. The molecule has 2 aliphatic heterocycles. The number of hydrogen-bond donors (Lipinski definition) is 4. The molecular formula is C25H36N2O8. The molecule has 1 aromatic heterocycles. The van der Waals surface area contributed by atoms with Gasteiger partial charge in [0, 0.05) is 30.3 Å². The van der Waals surface area contributed by atoms with Crippen LogP contribution in [0.4, 0.5) is 0 Å². The second-order valence-electron chi connectivity index (χ2n) is 9.50. The van der Waals surface area contributed by atoms with E-state index < -0.39 is 37.3 Å². The molecule has 6 atom stereocenters. The Bertz CT molecular complexity index is 955. The van der Waals surface area contributed by atoms with Crippen LogP contribution in [0.15, 0.2) is 24.3 Å². The average molecular weight is 493 g/mol. The Morgan fingerprint density at radius 2 is 1.83 bits per heavy atom. The Morgan fingerprint density at radius 3 is 2.46 bits per heavy atom. The molecule has 4 rings (SSSR count). The summed E-state index contributed by atoms with van der Waals surface area (Å²) in [5, 5.41) is 44.6. The molecule has 2 aromatic rings. The van der Waals surface area contributed by atoms with Gasteiger partial charge in [-0.15, -0.1) is 5.10 Å². The summed E-state index contributed by atoms with van der Waals surface area (Å²) in [6.07, 6.45) is -4.28. The lowest BCUT2D eigenvalue weighted by Gasteiger charge is -2.39. The van der Waals surface area contributed by atoms with Crippen molar-refractivity contribution in [1.82, 2.24) is 9.78 Å². The van der Waals surface area contributed by atoms with Gasteiger partial charge in [0.05, 0.1) is 13.2 Å². The summed E-state index contributed by atoms with van der Waals surface area (Å²) in [5.74, 6) is 1.05. The van der Waals surface area contributed by atoms with Gasteiger partial charge < -0.3 is 39.4 Å². The maximum Gasteiger partial charge on any atom is 0.239 e. The van der Waals surface area contributed by atoms with Gasteiger partial charge in [0.2, 0.25) is 12.2 Å². The summed E-state index contributed by atoms with van der Waals surface area (Å²) in [6, 6.07) is 7.91. The zero-order chi connectivity index (χ0) is 25.1. The maximum absolute atomic E-state index is 10.4. The van der Waals surface area contributed by atoms with Crippen molar-refractivity contribution in [3.8, 4) is 11.6 Å². The van der Waals surface area contributed by atoms with Crippen molar-refractivity contribution in [2.24, 2.45) is 0 Å². The lowest BCUT2D eigenvalue weighted by Crippen LogP contribution is -2.60. The van der Waals surface area contributed by atoms with Crippen LogP contribution in [-0.2, 0) is 15.9 Å². The first-order chi connectivity index (χ1) is 16.8. The van der Waals surface area contributed by atoms with Gasteiger partial charge >= 0.3 is 0 Å². The van der Waals surface area contributed by atoms with Crippen molar-refractivity contribution in [3.05, 3.63) is 41.1 Å². The molecule has 2 saturated heterocycles. The minimum Gasteiger partial charge on any atom is -0.488 e. The first kappa shape index (κ1) is 25.9. The van der Waals surface area contributed by atoms with E-state index in [9.17, 15) is 20.4 Å². The predicted octanol–water partition coefficient (Wildman–Crippen LogP) is 1.10. The normalized spacial score (nSPS) is 29.4. The van der Waals surface area contributed by atoms with Gasteiger partial charge in [0.15, 0.2) is 0 Å². The molecule has 0 radical (unpaired) electrons. The second kappa shape index (κ2) is 11.2. The van der Waals surface area contributed by atoms with Gasteiger partial charge in [0.1, 0.15) is 36.3 Å². The highest BCUT2D eigenvalue weighted by Gasteiger charge is 2.45. The number of rotatable bonds is 8. The predicted molar refractivity (Wildman–Crippen MR) is 125 cm³/mol. The molecule has 4 N–H and O–H groups in total. The summed E-state index contributed by atoms with van der Waals surface area (Å²) >= 11 is 0. The van der Waals surface area contributed by atoms with Crippen LogP contribution in [0.5, 0.6) is 11.6 Å². The van der Waals surface area contributed by atoms with Gasteiger partial charge in [-0.1, -0.05) is 12.1 Å². The van der Waals surface area contributed by atoms with E-state index in [0.717, 1.165) is 42.0 Å². The fraction of sp³-hybridized carbons (Fsp3) is 0.640. The van der Waals surface area contributed by atoms with Gasteiger partial charge in [0.25, 0.3) is 0 Å². The summed E-state index contributed by atoms with van der Waals surface area (Å²) < 4.78 is 24.8. The maximum atomic E-state index is 10.4. The highest BCUT2D eigenvalue weighted by Crippen LogP contribution is 2.31. The largest absolute Gasteiger partial charge is 0.488 e. The summed E-state index contributed by atoms with van der Waals surface area (Å²) in [5.41, 5.74) is 2.73. The molecule has 0 spiro atoms. The van der Waals surface area contributed by atoms with E-state index >= 15 is 0 Å². The topological polar surface area (TPSA) is 136 Å². The van der Waals surface area contributed by atoms with Crippen molar-refractivity contribution < 1.29 is 39.4 Å². The van der Waals surface area contributed by atoms with E-state index in [1.807, 2.05) is 49.7 Å². The molecule has 10 heteroatoms. The molecule has 1 aromatic carbocycles. The van der Waals surface area contributed by atoms with Crippen LogP contribution < -0.4 is 9.47 Å². The van der Waals surface area contributed by atoms with Crippen LogP contribution in [0.25, 0.3) is 0 Å². The molecule has 1 unspecified atom stereocenters. The van der Waals surface area contributed by atoms with Crippen LogP contribution in [0.1, 0.15) is 49.6 Å². The monoisotopic (exact) mass is 492 g/mol. The highest BCUT2D eigenvalue weighted by atomic mass is 16.7. The lowest BCUT2D eigenvalue weighted by atomic mass is 9.99. The molecule has 0 amide bonds. The molecule has 194 valence electrons. The Morgan fingerprint density at radius 1 is 1.09 bits per heavy atom. The quantitative estimate of drug-likeness (QED) is 0.427. The highest BCUT2D eigenvalue weighted by molar-refractivity contribution is 5.38. The summed E-state index contributed by atoms with van der Waals surface area (Å²) in [6.45, 7) is 6.82. The van der Waals surface area contributed by atoms with Gasteiger partial charge in [-0.25, -0.2) is 0 Å². The molecular weight excluding hydrogens is 456 g/mol. The van der Waals surface area contributed by atoms with Gasteiger partial charge in [-0.3, -0.25) is 4.68 Å². The van der Waals surface area contributed by atoms with Crippen molar-refractivity contribution in [3.63, 3.8) is 0 Å². The molecule has 0 saturated carbocycles. The summed E-state index contributed by atoms with van der Waals surface area (Å²) in [4.78, 5) is 0. The zero-order valence-corrected chi connectivity index (χ0v) is 20.4. The van der Waals surface area contributed by atoms with Crippen LogP contribution in [0.2, 0.25) is 0 Å². The fourth-order valence-electron chi connectivity index (χ4n) is 4.49. The van der Waals surface area contributed by atoms with E-state index in [0.29, 0.717) is 13.0 Å². The third-order valence-electron chi connectivity index (χ3n) is 6.53. The fourth-order valence-corrected chi connectivity index (χ4v) is 4.49. The van der Waals surface area contributed by atoms with E-state index in [4.69, 9.17) is 18.9 Å². The zero-order valence-electron chi connectivity index (χ0n) is 20.4. The third-order valence-corrected chi connectivity index (χ3v) is 6.53. The van der Waals surface area contributed by atoms with Crippen LogP contribution >= 0.6 is 0 Å².